The van der Waals surface area contributed by atoms with Gasteiger partial charge in [-0.25, -0.2) is 9.48 Å². The number of ether oxygens (including phenoxy) is 4. The Balaban J connectivity index is 1.28. The highest BCUT2D eigenvalue weighted by atomic mass is 16.6. The van der Waals surface area contributed by atoms with Crippen molar-refractivity contribution in [2.75, 3.05) is 65.8 Å². The summed E-state index contributed by atoms with van der Waals surface area (Å²) in [6.07, 6.45) is 3.56. The van der Waals surface area contributed by atoms with Crippen molar-refractivity contribution in [3.8, 4) is 11.6 Å². The van der Waals surface area contributed by atoms with Crippen LogP contribution in [0.5, 0.6) is 5.88 Å². The lowest BCUT2D eigenvalue weighted by molar-refractivity contribution is -0.145. The van der Waals surface area contributed by atoms with Crippen molar-refractivity contribution in [3.05, 3.63) is 42.1 Å². The first-order chi connectivity index (χ1) is 26.2. The normalized spacial score (nSPS) is 17.7. The summed E-state index contributed by atoms with van der Waals surface area (Å²) in [5, 5.41) is 10.3. The number of nitrogens with one attached hydrogen (secondary N) is 2. The van der Waals surface area contributed by atoms with E-state index in [0.29, 0.717) is 31.7 Å². The summed E-state index contributed by atoms with van der Waals surface area (Å²) in [4.78, 5) is 83.2. The van der Waals surface area contributed by atoms with E-state index in [2.05, 4.69) is 15.7 Å². The maximum Gasteiger partial charge on any atom is 0.409 e. The van der Waals surface area contributed by atoms with Gasteiger partial charge in [0.1, 0.15) is 18.7 Å². The maximum atomic E-state index is 13.8. The van der Waals surface area contributed by atoms with Gasteiger partial charge in [0.15, 0.2) is 12.3 Å². The third-order valence-corrected chi connectivity index (χ3v) is 9.63. The second kappa shape index (κ2) is 19.8. The lowest BCUT2D eigenvalue weighted by atomic mass is 9.93. The molecule has 2 unspecified atom stereocenters. The highest BCUT2D eigenvalue weighted by Crippen LogP contribution is 2.24. The molecule has 5 rings (SSSR count). The van der Waals surface area contributed by atoms with E-state index in [4.69, 9.17) is 18.9 Å². The van der Waals surface area contributed by atoms with Gasteiger partial charge in [0.25, 0.3) is 11.8 Å². The van der Waals surface area contributed by atoms with Crippen LogP contribution in [-0.2, 0) is 33.4 Å². The Morgan fingerprint density at radius 3 is 2.30 bits per heavy atom. The predicted octanol–water partition coefficient (Wildman–Crippen LogP) is 1.67. The lowest BCUT2D eigenvalue weighted by Crippen LogP contribution is -2.56. The Labute approximate surface area is 314 Å². The first kappa shape index (κ1) is 40.0. The molecule has 2 saturated heterocycles. The number of nitrogens with zero attached hydrogens (tertiary/aromatic N) is 5. The van der Waals surface area contributed by atoms with Crippen LogP contribution in [0.1, 0.15) is 69.3 Å². The molecule has 0 radical (unpaired) electrons. The number of benzene rings is 1. The number of esters is 1. The molecule has 294 valence electrons. The number of hydrogen-bond donors (Lipinski definition) is 2. The number of carbonyl (C=O) groups excluding carboxylic acids is 6. The van der Waals surface area contributed by atoms with Crippen LogP contribution >= 0.6 is 0 Å². The number of hydrogen-bond acceptors (Lipinski definition) is 11. The lowest BCUT2D eigenvalue weighted by Gasteiger charge is -2.35. The predicted molar refractivity (Wildman–Crippen MR) is 193 cm³/mol. The van der Waals surface area contributed by atoms with Crippen LogP contribution in [0.25, 0.3) is 5.69 Å². The SMILES string of the molecule is CCOCCOC(=O)CCC(NC(=O)c1cc(OCC(=O)N2CCCC2C(=O)NC2CCC2)n(-c2ccccc2)n1)C(=O)N1CCN(C(=O)OCC)CC1. The molecule has 2 aliphatic heterocycles. The van der Waals surface area contributed by atoms with Gasteiger partial charge in [-0.05, 0) is 64.5 Å². The van der Waals surface area contributed by atoms with E-state index in [-0.39, 0.29) is 88.3 Å². The summed E-state index contributed by atoms with van der Waals surface area (Å²) in [7, 11) is 0. The average molecular weight is 754 g/mol. The molecule has 54 heavy (non-hydrogen) atoms. The highest BCUT2D eigenvalue weighted by Gasteiger charge is 2.36. The van der Waals surface area contributed by atoms with Crippen molar-refractivity contribution >= 4 is 35.7 Å². The van der Waals surface area contributed by atoms with Crippen molar-refractivity contribution in [3.63, 3.8) is 0 Å². The number of amides is 5. The molecule has 1 aliphatic carbocycles. The Morgan fingerprint density at radius 2 is 1.61 bits per heavy atom. The van der Waals surface area contributed by atoms with Gasteiger partial charge in [-0.3, -0.25) is 24.0 Å². The zero-order valence-corrected chi connectivity index (χ0v) is 31.0. The average Bonchev–Trinajstić information content (AvgIpc) is 3.84. The van der Waals surface area contributed by atoms with E-state index in [1.165, 1.54) is 25.4 Å². The minimum absolute atomic E-state index is 0.0568. The molecule has 1 aromatic carbocycles. The van der Waals surface area contributed by atoms with Gasteiger partial charge < -0.3 is 44.3 Å². The van der Waals surface area contributed by atoms with Crippen LogP contribution in [-0.4, -0.2) is 144 Å². The van der Waals surface area contributed by atoms with Crippen molar-refractivity contribution < 1.29 is 47.7 Å². The van der Waals surface area contributed by atoms with Crippen LogP contribution in [0.15, 0.2) is 36.4 Å². The quantitative estimate of drug-likeness (QED) is 0.177. The summed E-state index contributed by atoms with van der Waals surface area (Å²) < 4.78 is 22.9. The molecule has 3 aliphatic rings. The first-order valence-electron chi connectivity index (χ1n) is 18.8. The zero-order chi connectivity index (χ0) is 38.5. The van der Waals surface area contributed by atoms with E-state index in [1.54, 1.807) is 31.2 Å². The molecular weight excluding hydrogens is 702 g/mol. The van der Waals surface area contributed by atoms with E-state index < -0.39 is 42.6 Å². The third kappa shape index (κ3) is 10.7. The second-order valence-electron chi connectivity index (χ2n) is 13.3. The molecule has 0 bridgehead atoms. The molecule has 1 aromatic heterocycles. The summed E-state index contributed by atoms with van der Waals surface area (Å²) >= 11 is 0. The van der Waals surface area contributed by atoms with Crippen molar-refractivity contribution in [1.29, 1.82) is 0 Å². The third-order valence-electron chi connectivity index (χ3n) is 9.63. The smallest absolute Gasteiger partial charge is 0.409 e. The van der Waals surface area contributed by atoms with Crippen molar-refractivity contribution in [2.24, 2.45) is 0 Å². The Morgan fingerprint density at radius 1 is 0.870 bits per heavy atom. The van der Waals surface area contributed by atoms with Crippen molar-refractivity contribution in [1.82, 2.24) is 35.1 Å². The van der Waals surface area contributed by atoms with Gasteiger partial charge in [0, 0.05) is 57.9 Å². The molecule has 5 amide bonds. The number of carbonyl (C=O) groups is 6. The molecule has 3 fully saturated rings. The van der Waals surface area contributed by atoms with Crippen LogP contribution in [0.3, 0.4) is 0 Å². The molecule has 2 N–H and O–H groups in total. The molecule has 3 heterocycles. The van der Waals surface area contributed by atoms with Gasteiger partial charge in [-0.15, -0.1) is 0 Å². The second-order valence-corrected chi connectivity index (χ2v) is 13.3. The Bertz CT molecular complexity index is 1610. The number of para-hydroxylation sites is 1. The molecule has 17 heteroatoms. The van der Waals surface area contributed by atoms with E-state index in [0.717, 1.165) is 19.3 Å². The fraction of sp³-hybridized carbons (Fsp3) is 0.595. The van der Waals surface area contributed by atoms with Gasteiger partial charge >= 0.3 is 12.1 Å². The van der Waals surface area contributed by atoms with Gasteiger partial charge in [-0.2, -0.15) is 5.10 Å². The molecule has 0 spiro atoms. The minimum Gasteiger partial charge on any atom is -0.467 e. The molecule has 17 nitrogen and oxygen atoms in total. The minimum atomic E-state index is -1.13. The molecule has 2 aromatic rings. The van der Waals surface area contributed by atoms with E-state index in [1.807, 2.05) is 13.0 Å². The summed E-state index contributed by atoms with van der Waals surface area (Å²) in [6.45, 7) is 5.49. The van der Waals surface area contributed by atoms with Crippen LogP contribution < -0.4 is 15.4 Å². The van der Waals surface area contributed by atoms with Crippen molar-refractivity contribution in [2.45, 2.75) is 76.9 Å². The highest BCUT2D eigenvalue weighted by molar-refractivity contribution is 5.96. The van der Waals surface area contributed by atoms with Crippen LogP contribution in [0.4, 0.5) is 4.79 Å². The van der Waals surface area contributed by atoms with Gasteiger partial charge in [0.2, 0.25) is 17.7 Å². The fourth-order valence-corrected chi connectivity index (χ4v) is 6.47. The molecule has 1 saturated carbocycles. The summed E-state index contributed by atoms with van der Waals surface area (Å²) in [6, 6.07) is 8.74. The number of aromatic nitrogens is 2. The monoisotopic (exact) mass is 753 g/mol. The summed E-state index contributed by atoms with van der Waals surface area (Å²) in [5.41, 5.74) is 0.462. The largest absolute Gasteiger partial charge is 0.467 e. The standard InChI is InChI=1S/C37H51N7O10/c1-3-51-22-23-53-33(46)16-15-28(36(49)41-18-20-42(21-19-41)37(50)52-4-2)39-34(47)29-24-32(44(40-29)27-12-6-5-7-13-27)54-25-31(45)43-17-9-14-30(43)35(48)38-26-10-8-11-26/h5-7,12-13,24,26,28,30H,3-4,8-11,14-23,25H2,1-2H3,(H,38,48)(H,39,47). The first-order valence-corrected chi connectivity index (χ1v) is 18.8. The number of likely N-dealkylation sites (tertiary alicyclic amines) is 1. The van der Waals surface area contributed by atoms with Crippen LogP contribution in [0.2, 0.25) is 0 Å². The van der Waals surface area contributed by atoms with E-state index >= 15 is 0 Å². The fourth-order valence-electron chi connectivity index (χ4n) is 6.47. The number of piperazine rings is 1. The number of rotatable bonds is 17. The molecule has 2 atom stereocenters. The van der Waals surface area contributed by atoms with E-state index in [9.17, 15) is 28.8 Å². The Hall–Kier alpha value is -5.19. The van der Waals surface area contributed by atoms with Gasteiger partial charge in [0.05, 0.1) is 18.9 Å². The van der Waals surface area contributed by atoms with Crippen LogP contribution in [0, 0.1) is 0 Å². The summed E-state index contributed by atoms with van der Waals surface area (Å²) in [5.74, 6) is -2.10. The molecular formula is C37H51N7O10. The topological polar surface area (TPSA) is 191 Å². The maximum absolute atomic E-state index is 13.8. The van der Waals surface area contributed by atoms with Gasteiger partial charge in [-0.1, -0.05) is 18.2 Å². The Kier molecular flexibility index (Phi) is 14.6. The zero-order valence-electron chi connectivity index (χ0n) is 31.0.